The summed E-state index contributed by atoms with van der Waals surface area (Å²) in [5.74, 6) is 0. The van der Waals surface area contributed by atoms with Crippen LogP contribution in [0.25, 0.3) is 0 Å². The van der Waals surface area contributed by atoms with Crippen molar-refractivity contribution in [3.63, 3.8) is 0 Å². The summed E-state index contributed by atoms with van der Waals surface area (Å²) in [7, 11) is 0. The maximum atomic E-state index is 8.33. The zero-order valence-corrected chi connectivity index (χ0v) is 6.64. The number of carbonyl (C=O) groups is 1. The summed E-state index contributed by atoms with van der Waals surface area (Å²) in [6.07, 6.45) is -2.33. The first kappa shape index (κ1) is 16.1. The molecule has 0 atom stereocenters. The van der Waals surface area contributed by atoms with Gasteiger partial charge in [0.25, 0.3) is 0 Å². The fourth-order valence-corrected chi connectivity index (χ4v) is 0. The molecule has 0 rings (SSSR count). The van der Waals surface area contributed by atoms with Crippen LogP contribution in [0.2, 0.25) is 0 Å². The molecule has 0 saturated carbocycles. The van der Waals surface area contributed by atoms with Crippen LogP contribution in [0.1, 0.15) is 0 Å². The molecule has 0 spiro atoms. The van der Waals surface area contributed by atoms with E-state index in [9.17, 15) is 0 Å². The van der Waals surface area contributed by atoms with Gasteiger partial charge < -0.3 is 15.0 Å². The molecule has 0 unspecified atom stereocenters. The second kappa shape index (κ2) is 9.05. The van der Waals surface area contributed by atoms with Crippen LogP contribution in [0.15, 0.2) is 0 Å². The average molecular weight is 189 g/mol. The molecule has 0 amide bonds. The van der Waals surface area contributed by atoms with Gasteiger partial charge in [0.05, 0.1) is 0 Å². The van der Waals surface area contributed by atoms with Crippen molar-refractivity contribution < 1.29 is 51.6 Å². The van der Waals surface area contributed by atoms with Gasteiger partial charge in [-0.15, -0.1) is 0 Å². The molecular formula is CCuO3Zn. The molecule has 35 valence electrons. The van der Waals surface area contributed by atoms with Crippen LogP contribution in [0.4, 0.5) is 4.79 Å². The van der Waals surface area contributed by atoms with Crippen LogP contribution in [0, 0.1) is 0 Å². The molecular weight excluding hydrogens is 189 g/mol. The Morgan fingerprint density at radius 1 is 1.33 bits per heavy atom. The fraction of sp³-hybridized carbons (Fsp3) is 0. The number of hydrogen-bond acceptors (Lipinski definition) is 3. The fourth-order valence-electron chi connectivity index (χ4n) is 0. The van der Waals surface area contributed by atoms with Gasteiger partial charge in [0.15, 0.2) is 0 Å². The number of carboxylic acid groups (broad SMARTS) is 2. The Kier molecular flexibility index (Phi) is 24.3. The minimum atomic E-state index is -2.33. The van der Waals surface area contributed by atoms with Crippen molar-refractivity contribution in [2.24, 2.45) is 0 Å². The maximum Gasteiger partial charge on any atom is 2.00 e. The van der Waals surface area contributed by atoms with Crippen LogP contribution >= 0.6 is 0 Å². The maximum absolute atomic E-state index is 8.33. The summed E-state index contributed by atoms with van der Waals surface area (Å²) in [5.41, 5.74) is 0. The van der Waals surface area contributed by atoms with Crippen LogP contribution < -0.4 is 10.2 Å². The zero-order chi connectivity index (χ0) is 3.58. The van der Waals surface area contributed by atoms with E-state index in [0.717, 1.165) is 0 Å². The molecule has 3 nitrogen and oxygen atoms in total. The first-order valence-corrected chi connectivity index (χ1v) is 0.612. The third-order valence-corrected chi connectivity index (χ3v) is 0. The van der Waals surface area contributed by atoms with E-state index >= 15 is 0 Å². The molecule has 6 heavy (non-hydrogen) atoms. The average Bonchev–Trinajstić information content (AvgIpc) is 0.811. The zero-order valence-electron chi connectivity index (χ0n) is 2.73. The molecule has 0 aromatic heterocycles. The Morgan fingerprint density at radius 2 is 1.33 bits per heavy atom. The van der Waals surface area contributed by atoms with Crippen molar-refractivity contribution >= 4 is 6.16 Å². The van der Waals surface area contributed by atoms with Crippen LogP contribution in [0.3, 0.4) is 0 Å². The molecule has 0 N–H and O–H groups in total. The number of hydrogen-bond donors (Lipinski definition) is 0. The number of carbonyl (C=O) groups excluding carboxylic acids is 1. The predicted molar refractivity (Wildman–Crippen MR) is 5.40 cm³/mol. The van der Waals surface area contributed by atoms with Crippen molar-refractivity contribution in [2.45, 2.75) is 0 Å². The number of rotatable bonds is 0. The summed E-state index contributed by atoms with van der Waals surface area (Å²) in [6.45, 7) is 0. The van der Waals surface area contributed by atoms with Gasteiger partial charge in [0, 0.05) is 17.1 Å². The third kappa shape index (κ3) is 302. The summed E-state index contributed by atoms with van der Waals surface area (Å²) >= 11 is 0. The summed E-state index contributed by atoms with van der Waals surface area (Å²) in [4.78, 5) is 8.33. The van der Waals surface area contributed by atoms with E-state index in [-0.39, 0.29) is 36.5 Å². The van der Waals surface area contributed by atoms with Crippen molar-refractivity contribution in [1.82, 2.24) is 0 Å². The Labute approximate surface area is 58.0 Å². The molecule has 0 aromatic carbocycles. The Bertz CT molecular complexity index is 33.8. The van der Waals surface area contributed by atoms with Gasteiger partial charge in [0.1, 0.15) is 0 Å². The van der Waals surface area contributed by atoms with E-state index in [4.69, 9.17) is 15.0 Å². The van der Waals surface area contributed by atoms with Crippen molar-refractivity contribution in [3.05, 3.63) is 0 Å². The van der Waals surface area contributed by atoms with Gasteiger partial charge in [-0.3, -0.25) is 0 Å². The van der Waals surface area contributed by atoms with Crippen LogP contribution in [-0.2, 0) is 36.5 Å². The Balaban J connectivity index is -0.0000000450. The van der Waals surface area contributed by atoms with E-state index in [1.807, 2.05) is 0 Å². The van der Waals surface area contributed by atoms with Gasteiger partial charge in [-0.25, -0.2) is 0 Å². The second-order valence-electron chi connectivity index (χ2n) is 0.250. The van der Waals surface area contributed by atoms with Crippen molar-refractivity contribution in [1.29, 1.82) is 0 Å². The Morgan fingerprint density at radius 3 is 1.33 bits per heavy atom. The van der Waals surface area contributed by atoms with E-state index in [1.54, 1.807) is 0 Å². The first-order chi connectivity index (χ1) is 1.73. The van der Waals surface area contributed by atoms with Gasteiger partial charge in [-0.1, -0.05) is 0 Å². The smallest absolute Gasteiger partial charge is 0.652 e. The molecule has 0 aromatic rings. The van der Waals surface area contributed by atoms with Gasteiger partial charge in [-0.05, 0) is 6.16 Å². The van der Waals surface area contributed by atoms with Gasteiger partial charge in [0.2, 0.25) is 0 Å². The van der Waals surface area contributed by atoms with E-state index in [1.165, 1.54) is 0 Å². The molecule has 0 aliphatic carbocycles. The van der Waals surface area contributed by atoms with Gasteiger partial charge >= 0.3 is 19.5 Å². The quantitative estimate of drug-likeness (QED) is 0.397. The standard InChI is InChI=1S/CH2O3.Cu.Zn/c2-1(3)4;;/h(H2,2,3,4);;/q;;+2/p-2. The van der Waals surface area contributed by atoms with Crippen LogP contribution in [0.5, 0.6) is 0 Å². The molecule has 0 aliphatic heterocycles. The van der Waals surface area contributed by atoms with E-state index in [2.05, 4.69) is 0 Å². The molecule has 0 aliphatic rings. The van der Waals surface area contributed by atoms with E-state index < -0.39 is 6.16 Å². The third-order valence-electron chi connectivity index (χ3n) is 0. The normalized spacial score (nSPS) is 4.00. The second-order valence-corrected chi connectivity index (χ2v) is 0.250. The van der Waals surface area contributed by atoms with Gasteiger partial charge in [-0.2, -0.15) is 0 Å². The SMILES string of the molecule is O=C([O-])[O-].[Cu].[Zn+2]. The Hall–Kier alpha value is 0.413. The molecule has 0 heterocycles. The predicted octanol–water partition coefficient (Wildman–Crippen LogP) is -2.45. The molecule has 0 saturated heterocycles. The topological polar surface area (TPSA) is 63.2 Å². The molecule has 0 fully saturated rings. The molecule has 1 radical (unpaired) electrons. The van der Waals surface area contributed by atoms with Crippen molar-refractivity contribution in [3.8, 4) is 0 Å². The first-order valence-electron chi connectivity index (χ1n) is 0.612. The van der Waals surface area contributed by atoms with Crippen molar-refractivity contribution in [2.75, 3.05) is 0 Å². The summed E-state index contributed by atoms with van der Waals surface area (Å²) in [6, 6.07) is 0. The van der Waals surface area contributed by atoms with E-state index in [0.29, 0.717) is 0 Å². The minimum Gasteiger partial charge on any atom is -0.652 e. The monoisotopic (exact) mass is 187 g/mol. The summed E-state index contributed by atoms with van der Waals surface area (Å²) in [5, 5.41) is 16.7. The molecule has 5 heteroatoms. The largest absolute Gasteiger partial charge is 2.00 e. The summed E-state index contributed by atoms with van der Waals surface area (Å²) < 4.78 is 0. The minimum absolute atomic E-state index is 0. The molecule has 0 bridgehead atoms. The van der Waals surface area contributed by atoms with Crippen LogP contribution in [-0.4, -0.2) is 6.16 Å².